The molecule has 0 heterocycles. The van der Waals surface area contributed by atoms with Crippen LogP contribution in [0, 0.1) is 0 Å². The first-order chi connectivity index (χ1) is 19.9. The molecule has 0 aliphatic rings. The number of carbonyl (C=O) groups is 3. The molecule has 0 aromatic heterocycles. The molecule has 0 fully saturated rings. The Morgan fingerprint density at radius 1 is 0.805 bits per heavy atom. The zero-order chi connectivity index (χ0) is 29.2. The van der Waals surface area contributed by atoms with Gasteiger partial charge < -0.3 is 20.1 Å². The Hall–Kier alpha value is -4.53. The van der Waals surface area contributed by atoms with Crippen molar-refractivity contribution in [3.05, 3.63) is 124 Å². The van der Waals surface area contributed by atoms with Gasteiger partial charge in [0.15, 0.2) is 17.3 Å². The Labute approximate surface area is 247 Å². The summed E-state index contributed by atoms with van der Waals surface area (Å²) in [7, 11) is 3.06. The Morgan fingerprint density at radius 2 is 1.54 bits per heavy atom. The first kappa shape index (κ1) is 29.5. The van der Waals surface area contributed by atoms with Gasteiger partial charge in [0.2, 0.25) is 0 Å². The van der Waals surface area contributed by atoms with Gasteiger partial charge in [0, 0.05) is 26.7 Å². The predicted octanol–water partition coefficient (Wildman–Crippen LogP) is 6.74. The number of anilines is 1. The Balaban J connectivity index is 1.43. The highest BCUT2D eigenvalue weighted by Crippen LogP contribution is 2.29. The molecule has 7 nitrogen and oxygen atoms in total. The van der Waals surface area contributed by atoms with Gasteiger partial charge in [-0.3, -0.25) is 14.4 Å². The van der Waals surface area contributed by atoms with E-state index in [1.54, 1.807) is 98.1 Å². The number of carbonyl (C=O) groups excluding carboxylic acids is 3. The summed E-state index contributed by atoms with van der Waals surface area (Å²) >= 11 is 7.48. The van der Waals surface area contributed by atoms with E-state index in [4.69, 9.17) is 21.1 Å². The van der Waals surface area contributed by atoms with Crippen molar-refractivity contribution in [2.24, 2.45) is 0 Å². The number of methoxy groups -OCH3 is 2. The highest BCUT2D eigenvalue weighted by atomic mass is 35.5. The second-order valence-corrected chi connectivity index (χ2v) is 10.2. The molecule has 9 heteroatoms. The zero-order valence-corrected chi connectivity index (χ0v) is 23.9. The number of ether oxygens (including phenoxy) is 2. The third-order valence-corrected chi connectivity index (χ3v) is 7.12. The smallest absolute Gasteiger partial charge is 0.272 e. The highest BCUT2D eigenvalue weighted by Gasteiger charge is 2.16. The average Bonchev–Trinajstić information content (AvgIpc) is 3.00. The molecule has 4 aromatic carbocycles. The third-order valence-electron chi connectivity index (χ3n) is 5.88. The summed E-state index contributed by atoms with van der Waals surface area (Å²) in [6.45, 7) is 0. The van der Waals surface area contributed by atoms with Crippen LogP contribution in [0.15, 0.2) is 108 Å². The quantitative estimate of drug-likeness (QED) is 0.115. The summed E-state index contributed by atoms with van der Waals surface area (Å²) in [6.07, 6.45) is 1.56. The topological polar surface area (TPSA) is 93.7 Å². The number of benzene rings is 4. The van der Waals surface area contributed by atoms with E-state index in [0.717, 1.165) is 4.90 Å². The first-order valence-corrected chi connectivity index (χ1v) is 13.9. The summed E-state index contributed by atoms with van der Waals surface area (Å²) in [6, 6.07) is 27.7. The van der Waals surface area contributed by atoms with Crippen LogP contribution in [0.25, 0.3) is 6.08 Å². The summed E-state index contributed by atoms with van der Waals surface area (Å²) in [5, 5.41) is 6.03. The molecule has 0 aliphatic carbocycles. The fourth-order valence-corrected chi connectivity index (χ4v) is 4.77. The van der Waals surface area contributed by atoms with Crippen LogP contribution in [0.4, 0.5) is 5.69 Å². The van der Waals surface area contributed by atoms with E-state index in [0.29, 0.717) is 38.9 Å². The summed E-state index contributed by atoms with van der Waals surface area (Å²) < 4.78 is 10.5. The van der Waals surface area contributed by atoms with Crippen molar-refractivity contribution in [1.29, 1.82) is 0 Å². The van der Waals surface area contributed by atoms with Gasteiger partial charge in [-0.25, -0.2) is 0 Å². The van der Waals surface area contributed by atoms with Crippen molar-refractivity contribution >= 4 is 52.7 Å². The summed E-state index contributed by atoms with van der Waals surface area (Å²) in [5.41, 5.74) is 2.18. The molecule has 0 spiro atoms. The molecule has 0 atom stereocenters. The van der Waals surface area contributed by atoms with Crippen molar-refractivity contribution in [2.45, 2.75) is 4.90 Å². The van der Waals surface area contributed by atoms with Crippen molar-refractivity contribution < 1.29 is 23.9 Å². The van der Waals surface area contributed by atoms with E-state index in [1.807, 2.05) is 12.1 Å². The normalized spacial score (nSPS) is 11.0. The molecule has 0 bridgehead atoms. The molecule has 4 aromatic rings. The summed E-state index contributed by atoms with van der Waals surface area (Å²) in [4.78, 5) is 39.6. The minimum Gasteiger partial charge on any atom is -0.493 e. The number of rotatable bonds is 11. The van der Waals surface area contributed by atoms with Gasteiger partial charge in [-0.15, -0.1) is 11.8 Å². The standard InChI is InChI=1S/C32H27ClN2O5S/c1-39-29-16-11-23(19-30(29)40-2)28(36)20-41-26-14-12-25(13-15-26)34-32(38)27(18-21-7-6-10-24(33)17-21)35-31(37)22-8-4-3-5-9-22/h3-19H,20H2,1-2H3,(H,34,38)(H,35,37)/b27-18-. The molecule has 41 heavy (non-hydrogen) atoms. The minimum absolute atomic E-state index is 0.0556. The number of thioether (sulfide) groups is 1. The van der Waals surface area contributed by atoms with E-state index >= 15 is 0 Å². The highest BCUT2D eigenvalue weighted by molar-refractivity contribution is 8.00. The Morgan fingerprint density at radius 3 is 2.22 bits per heavy atom. The number of amides is 2. The van der Waals surface area contributed by atoms with Crippen LogP contribution >= 0.6 is 23.4 Å². The second kappa shape index (κ2) is 14.2. The SMILES string of the molecule is COc1ccc(C(=O)CSc2ccc(NC(=O)/C(=C/c3cccc(Cl)c3)NC(=O)c3ccccc3)cc2)cc1OC. The number of hydrogen-bond donors (Lipinski definition) is 2. The molecule has 208 valence electrons. The van der Waals surface area contributed by atoms with Crippen LogP contribution in [0.3, 0.4) is 0 Å². The van der Waals surface area contributed by atoms with Crippen molar-refractivity contribution in [3.63, 3.8) is 0 Å². The zero-order valence-electron chi connectivity index (χ0n) is 22.3. The van der Waals surface area contributed by atoms with Gasteiger partial charge >= 0.3 is 0 Å². The number of nitrogens with one attached hydrogen (secondary N) is 2. The molecule has 0 aliphatic heterocycles. The largest absolute Gasteiger partial charge is 0.493 e. The molecular formula is C32H27ClN2O5S. The van der Waals surface area contributed by atoms with Crippen LogP contribution in [0.2, 0.25) is 5.02 Å². The first-order valence-electron chi connectivity index (χ1n) is 12.5. The van der Waals surface area contributed by atoms with Gasteiger partial charge in [0.05, 0.1) is 20.0 Å². The number of hydrogen-bond acceptors (Lipinski definition) is 6. The van der Waals surface area contributed by atoms with E-state index < -0.39 is 11.8 Å². The lowest BCUT2D eigenvalue weighted by molar-refractivity contribution is -0.113. The monoisotopic (exact) mass is 586 g/mol. The number of Topliss-reactive ketones (excluding diaryl/α,β-unsaturated/α-hetero) is 1. The maximum atomic E-state index is 13.2. The fourth-order valence-electron chi connectivity index (χ4n) is 3.78. The molecule has 2 amide bonds. The molecule has 0 saturated carbocycles. The molecule has 0 radical (unpaired) electrons. The van der Waals surface area contributed by atoms with Crippen LogP contribution < -0.4 is 20.1 Å². The van der Waals surface area contributed by atoms with E-state index in [9.17, 15) is 14.4 Å². The number of ketones is 1. The van der Waals surface area contributed by atoms with Crippen LogP contribution in [-0.4, -0.2) is 37.6 Å². The fraction of sp³-hybridized carbons (Fsp3) is 0.0938. The molecule has 0 saturated heterocycles. The Kier molecular flexibility index (Phi) is 10.2. The van der Waals surface area contributed by atoms with Crippen LogP contribution in [0.1, 0.15) is 26.3 Å². The van der Waals surface area contributed by atoms with Gasteiger partial charge in [-0.1, -0.05) is 41.9 Å². The predicted molar refractivity (Wildman–Crippen MR) is 163 cm³/mol. The second-order valence-electron chi connectivity index (χ2n) is 8.69. The van der Waals surface area contributed by atoms with Crippen molar-refractivity contribution in [2.75, 3.05) is 25.3 Å². The lowest BCUT2D eigenvalue weighted by Gasteiger charge is -2.12. The third kappa shape index (κ3) is 8.23. The Bertz CT molecular complexity index is 1570. The van der Waals surface area contributed by atoms with E-state index in [-0.39, 0.29) is 17.2 Å². The molecule has 4 rings (SSSR count). The van der Waals surface area contributed by atoms with Crippen LogP contribution in [-0.2, 0) is 4.79 Å². The van der Waals surface area contributed by atoms with Gasteiger partial charge in [-0.05, 0) is 78.4 Å². The van der Waals surface area contributed by atoms with Crippen molar-refractivity contribution in [1.82, 2.24) is 5.32 Å². The maximum Gasteiger partial charge on any atom is 0.272 e. The van der Waals surface area contributed by atoms with E-state index in [2.05, 4.69) is 10.6 Å². The van der Waals surface area contributed by atoms with Gasteiger partial charge in [0.1, 0.15) is 5.70 Å². The lowest BCUT2D eigenvalue weighted by Crippen LogP contribution is -2.30. The summed E-state index contributed by atoms with van der Waals surface area (Å²) in [5.74, 6) is 0.294. The maximum absolute atomic E-state index is 13.2. The number of halogens is 1. The van der Waals surface area contributed by atoms with Gasteiger partial charge in [0.25, 0.3) is 11.8 Å². The average molecular weight is 587 g/mol. The van der Waals surface area contributed by atoms with E-state index in [1.165, 1.54) is 18.9 Å². The van der Waals surface area contributed by atoms with Crippen molar-refractivity contribution in [3.8, 4) is 11.5 Å². The molecule has 0 unspecified atom stereocenters. The minimum atomic E-state index is -0.502. The molecular weight excluding hydrogens is 560 g/mol. The van der Waals surface area contributed by atoms with Gasteiger partial charge in [-0.2, -0.15) is 0 Å². The lowest BCUT2D eigenvalue weighted by atomic mass is 10.1. The molecule has 2 N–H and O–H groups in total. The van der Waals surface area contributed by atoms with Crippen LogP contribution in [0.5, 0.6) is 11.5 Å².